The van der Waals surface area contributed by atoms with Crippen LogP contribution in [0.15, 0.2) is 12.4 Å². The molecule has 19 heavy (non-hydrogen) atoms. The number of rotatable bonds is 7. The topological polar surface area (TPSA) is 76.3 Å². The van der Waals surface area contributed by atoms with Crippen molar-refractivity contribution in [2.45, 2.75) is 12.8 Å². The molecule has 2 rings (SSSR count). The minimum absolute atomic E-state index is 0.591. The Hall–Kier alpha value is -1.40. The SMILES string of the molecule is COCCCNc1cc(N2CCC(CN)C2)ncn1. The summed E-state index contributed by atoms with van der Waals surface area (Å²) in [5.41, 5.74) is 5.71. The van der Waals surface area contributed by atoms with Gasteiger partial charge in [0.1, 0.15) is 18.0 Å². The van der Waals surface area contributed by atoms with E-state index >= 15 is 0 Å². The molecule has 0 spiro atoms. The Morgan fingerprint density at radius 2 is 2.42 bits per heavy atom. The molecule has 0 bridgehead atoms. The van der Waals surface area contributed by atoms with Crippen LogP contribution < -0.4 is 16.0 Å². The summed E-state index contributed by atoms with van der Waals surface area (Å²) < 4.78 is 5.02. The summed E-state index contributed by atoms with van der Waals surface area (Å²) in [5.74, 6) is 2.45. The molecule has 0 amide bonds. The number of aromatic nitrogens is 2. The van der Waals surface area contributed by atoms with Gasteiger partial charge in [0, 0.05) is 39.4 Å². The third-order valence-corrected chi connectivity index (χ3v) is 3.43. The van der Waals surface area contributed by atoms with Crippen LogP contribution in [-0.4, -0.2) is 49.9 Å². The van der Waals surface area contributed by atoms with E-state index in [1.165, 1.54) is 0 Å². The lowest BCUT2D eigenvalue weighted by atomic mass is 10.1. The highest BCUT2D eigenvalue weighted by Crippen LogP contribution is 2.22. The van der Waals surface area contributed by atoms with Crippen molar-refractivity contribution < 1.29 is 4.74 Å². The molecular weight excluding hydrogens is 242 g/mol. The summed E-state index contributed by atoms with van der Waals surface area (Å²) in [5, 5.41) is 3.29. The van der Waals surface area contributed by atoms with E-state index in [1.54, 1.807) is 13.4 Å². The normalized spacial score (nSPS) is 18.8. The molecule has 106 valence electrons. The molecule has 2 heterocycles. The van der Waals surface area contributed by atoms with Crippen molar-refractivity contribution in [3.8, 4) is 0 Å². The second-order valence-electron chi connectivity index (χ2n) is 4.87. The van der Waals surface area contributed by atoms with Gasteiger partial charge in [-0.1, -0.05) is 0 Å². The summed E-state index contributed by atoms with van der Waals surface area (Å²) >= 11 is 0. The predicted molar refractivity (Wildman–Crippen MR) is 76.4 cm³/mol. The molecule has 0 saturated carbocycles. The van der Waals surface area contributed by atoms with Crippen LogP contribution in [0.5, 0.6) is 0 Å². The van der Waals surface area contributed by atoms with E-state index in [-0.39, 0.29) is 0 Å². The summed E-state index contributed by atoms with van der Waals surface area (Å²) in [7, 11) is 1.71. The number of ether oxygens (including phenoxy) is 1. The molecule has 3 N–H and O–H groups in total. The molecule has 1 fully saturated rings. The Kier molecular flexibility index (Phi) is 5.35. The van der Waals surface area contributed by atoms with Crippen molar-refractivity contribution in [1.29, 1.82) is 0 Å². The van der Waals surface area contributed by atoms with E-state index in [2.05, 4.69) is 20.2 Å². The van der Waals surface area contributed by atoms with E-state index in [9.17, 15) is 0 Å². The molecule has 1 atom stereocenters. The molecule has 0 aromatic carbocycles. The number of methoxy groups -OCH3 is 1. The average molecular weight is 265 g/mol. The van der Waals surface area contributed by atoms with Crippen LogP contribution in [-0.2, 0) is 4.74 Å². The Morgan fingerprint density at radius 3 is 3.16 bits per heavy atom. The smallest absolute Gasteiger partial charge is 0.134 e. The fraction of sp³-hybridized carbons (Fsp3) is 0.692. The van der Waals surface area contributed by atoms with Gasteiger partial charge in [0.2, 0.25) is 0 Å². The first-order chi connectivity index (χ1) is 9.33. The molecule has 1 aliphatic heterocycles. The van der Waals surface area contributed by atoms with Gasteiger partial charge in [-0.15, -0.1) is 0 Å². The monoisotopic (exact) mass is 265 g/mol. The fourth-order valence-electron chi connectivity index (χ4n) is 2.28. The van der Waals surface area contributed by atoms with Gasteiger partial charge >= 0.3 is 0 Å². The van der Waals surface area contributed by atoms with Gasteiger partial charge in [-0.25, -0.2) is 9.97 Å². The average Bonchev–Trinajstić information content (AvgIpc) is 2.93. The quantitative estimate of drug-likeness (QED) is 0.707. The molecule has 1 aliphatic rings. The van der Waals surface area contributed by atoms with Gasteiger partial charge in [-0.3, -0.25) is 0 Å². The lowest BCUT2D eigenvalue weighted by molar-refractivity contribution is 0.198. The molecule has 1 aromatic rings. The van der Waals surface area contributed by atoms with Gasteiger partial charge < -0.3 is 20.7 Å². The van der Waals surface area contributed by atoms with Crippen molar-refractivity contribution in [2.24, 2.45) is 11.7 Å². The van der Waals surface area contributed by atoms with E-state index in [1.807, 2.05) is 6.07 Å². The Bertz CT molecular complexity index is 387. The highest BCUT2D eigenvalue weighted by Gasteiger charge is 2.22. The molecule has 1 unspecified atom stereocenters. The molecule has 1 aromatic heterocycles. The molecule has 0 radical (unpaired) electrons. The van der Waals surface area contributed by atoms with Gasteiger partial charge in [-0.2, -0.15) is 0 Å². The Labute approximate surface area is 114 Å². The van der Waals surface area contributed by atoms with Crippen LogP contribution in [0.25, 0.3) is 0 Å². The van der Waals surface area contributed by atoms with Crippen LogP contribution in [0.4, 0.5) is 11.6 Å². The van der Waals surface area contributed by atoms with E-state index < -0.39 is 0 Å². The van der Waals surface area contributed by atoms with Crippen LogP contribution in [0.3, 0.4) is 0 Å². The number of nitrogens with two attached hydrogens (primary N) is 1. The summed E-state index contributed by atoms with van der Waals surface area (Å²) in [6.07, 6.45) is 3.73. The first-order valence-corrected chi connectivity index (χ1v) is 6.83. The lowest BCUT2D eigenvalue weighted by Crippen LogP contribution is -2.23. The molecule has 6 heteroatoms. The molecule has 1 saturated heterocycles. The fourth-order valence-corrected chi connectivity index (χ4v) is 2.28. The van der Waals surface area contributed by atoms with Crippen LogP contribution in [0.1, 0.15) is 12.8 Å². The van der Waals surface area contributed by atoms with Crippen LogP contribution >= 0.6 is 0 Å². The number of hydrogen-bond donors (Lipinski definition) is 2. The third-order valence-electron chi connectivity index (χ3n) is 3.43. The molecular formula is C13H23N5O. The number of hydrogen-bond acceptors (Lipinski definition) is 6. The second-order valence-corrected chi connectivity index (χ2v) is 4.87. The van der Waals surface area contributed by atoms with Crippen molar-refractivity contribution in [2.75, 3.05) is 50.1 Å². The standard InChI is InChI=1S/C13H23N5O/c1-19-6-2-4-15-12-7-13(17-10-16-12)18-5-3-11(8-14)9-18/h7,10-11H,2-6,8-9,14H2,1H3,(H,15,16,17). The Balaban J connectivity index is 1.88. The Morgan fingerprint density at radius 1 is 1.53 bits per heavy atom. The van der Waals surface area contributed by atoms with Crippen LogP contribution in [0, 0.1) is 5.92 Å². The first kappa shape index (κ1) is 14.0. The largest absolute Gasteiger partial charge is 0.385 e. The van der Waals surface area contributed by atoms with Crippen molar-refractivity contribution >= 4 is 11.6 Å². The van der Waals surface area contributed by atoms with Gasteiger partial charge in [0.05, 0.1) is 0 Å². The minimum atomic E-state index is 0.591. The van der Waals surface area contributed by atoms with E-state index in [0.717, 1.165) is 57.3 Å². The van der Waals surface area contributed by atoms with Gasteiger partial charge in [0.25, 0.3) is 0 Å². The van der Waals surface area contributed by atoms with E-state index in [4.69, 9.17) is 10.5 Å². The summed E-state index contributed by atoms with van der Waals surface area (Å²) in [6.45, 7) is 4.40. The first-order valence-electron chi connectivity index (χ1n) is 6.83. The number of anilines is 2. The predicted octanol–water partition coefficient (Wildman–Crippen LogP) is 0.710. The minimum Gasteiger partial charge on any atom is -0.385 e. The second kappa shape index (κ2) is 7.25. The third kappa shape index (κ3) is 4.04. The van der Waals surface area contributed by atoms with Crippen molar-refractivity contribution in [3.05, 3.63) is 12.4 Å². The maximum Gasteiger partial charge on any atom is 0.134 e. The van der Waals surface area contributed by atoms with Gasteiger partial charge in [0.15, 0.2) is 0 Å². The zero-order valence-corrected chi connectivity index (χ0v) is 11.5. The van der Waals surface area contributed by atoms with Crippen LogP contribution in [0.2, 0.25) is 0 Å². The maximum atomic E-state index is 5.71. The van der Waals surface area contributed by atoms with Crippen molar-refractivity contribution in [1.82, 2.24) is 9.97 Å². The zero-order chi connectivity index (χ0) is 13.5. The number of nitrogens with one attached hydrogen (secondary N) is 1. The lowest BCUT2D eigenvalue weighted by Gasteiger charge is -2.17. The zero-order valence-electron chi connectivity index (χ0n) is 11.5. The highest BCUT2D eigenvalue weighted by atomic mass is 16.5. The van der Waals surface area contributed by atoms with Crippen molar-refractivity contribution in [3.63, 3.8) is 0 Å². The van der Waals surface area contributed by atoms with E-state index in [0.29, 0.717) is 5.92 Å². The van der Waals surface area contributed by atoms with Gasteiger partial charge in [-0.05, 0) is 25.3 Å². The summed E-state index contributed by atoms with van der Waals surface area (Å²) in [4.78, 5) is 10.9. The summed E-state index contributed by atoms with van der Waals surface area (Å²) in [6, 6.07) is 2.01. The molecule has 6 nitrogen and oxygen atoms in total. The number of nitrogens with zero attached hydrogens (tertiary/aromatic N) is 3. The highest BCUT2D eigenvalue weighted by molar-refractivity contribution is 5.49. The molecule has 0 aliphatic carbocycles. The maximum absolute atomic E-state index is 5.71.